The zero-order valence-electron chi connectivity index (χ0n) is 31.8. The summed E-state index contributed by atoms with van der Waals surface area (Å²) in [5.41, 5.74) is 4.93. The van der Waals surface area contributed by atoms with Crippen LogP contribution in [0.1, 0.15) is 9.60 Å². The first kappa shape index (κ1) is 20.1. The minimum Gasteiger partial charge on any atom is -0.0622 e. The predicted octanol–water partition coefficient (Wildman–Crippen LogP) is 13.0. The van der Waals surface area contributed by atoms with Crippen LogP contribution in [0.2, 0.25) is 0 Å². The molecule has 0 bridgehead atoms. The molecule has 0 heteroatoms. The van der Waals surface area contributed by atoms with Crippen molar-refractivity contribution < 1.29 is 9.60 Å². The van der Waals surface area contributed by atoms with Gasteiger partial charge in [0.25, 0.3) is 0 Å². The maximum atomic E-state index is 9.98. The largest absolute Gasteiger partial charge is 0.0636 e. The Bertz CT molecular complexity index is 2960. The standard InChI is InChI=1S/C46H30/c1-3-14-32(15-4-1)43-30-38(28-37-19-9-10-20-39(37)43)46-41-22-12-11-21-40(41)45(33-16-5-2-6-17-33)44-29-36(25-26-42(44)46)35-24-23-31-13-7-8-18-34(31)27-35/h1-30H/i11D,12D,21D,22D,25D,26D,29D. The van der Waals surface area contributed by atoms with Crippen molar-refractivity contribution in [3.8, 4) is 44.5 Å². The molecule has 0 unspecified atom stereocenters. The van der Waals surface area contributed by atoms with Gasteiger partial charge in [-0.05, 0) is 112 Å². The summed E-state index contributed by atoms with van der Waals surface area (Å²) in [4.78, 5) is 0. The van der Waals surface area contributed by atoms with Crippen LogP contribution < -0.4 is 0 Å². The van der Waals surface area contributed by atoms with E-state index in [1.165, 1.54) is 0 Å². The van der Waals surface area contributed by atoms with E-state index in [-0.39, 0.29) is 53.1 Å². The third-order valence-electron chi connectivity index (χ3n) is 8.84. The molecule has 0 fully saturated rings. The summed E-state index contributed by atoms with van der Waals surface area (Å²) in [6.07, 6.45) is 0. The molecule has 0 aliphatic heterocycles. The van der Waals surface area contributed by atoms with E-state index in [1.807, 2.05) is 133 Å². The smallest absolute Gasteiger partial charge is 0.0622 e. The molecule has 0 radical (unpaired) electrons. The number of hydrogen-bond acceptors (Lipinski definition) is 0. The van der Waals surface area contributed by atoms with Gasteiger partial charge in [0.1, 0.15) is 0 Å². The van der Waals surface area contributed by atoms with Crippen molar-refractivity contribution in [2.24, 2.45) is 0 Å². The van der Waals surface area contributed by atoms with Gasteiger partial charge >= 0.3 is 0 Å². The van der Waals surface area contributed by atoms with E-state index in [4.69, 9.17) is 2.74 Å². The third-order valence-corrected chi connectivity index (χ3v) is 8.84. The van der Waals surface area contributed by atoms with E-state index in [0.29, 0.717) is 44.2 Å². The summed E-state index contributed by atoms with van der Waals surface area (Å²) in [5, 5.41) is 5.06. The van der Waals surface area contributed by atoms with Crippen molar-refractivity contribution in [1.82, 2.24) is 0 Å². The van der Waals surface area contributed by atoms with Crippen LogP contribution in [0.4, 0.5) is 0 Å². The van der Waals surface area contributed by atoms with E-state index in [1.54, 1.807) is 0 Å². The lowest BCUT2D eigenvalue weighted by Gasteiger charge is -2.20. The van der Waals surface area contributed by atoms with Gasteiger partial charge < -0.3 is 0 Å². The SMILES string of the molecule is [2H]c1c([2H])c([2H])c2c(-c3ccccc3)c3c([2H])c(-c4ccc5ccccc5c4)c([2H])c([2H])c3c(-c3cc(-c4ccccc4)c4ccccc4c3)c2c1[2H]. The highest BCUT2D eigenvalue weighted by Gasteiger charge is 2.19. The van der Waals surface area contributed by atoms with Crippen molar-refractivity contribution in [2.45, 2.75) is 0 Å². The van der Waals surface area contributed by atoms with Gasteiger partial charge in [0.2, 0.25) is 0 Å². The second-order valence-corrected chi connectivity index (χ2v) is 11.5. The minimum absolute atomic E-state index is 0.0229. The Morgan fingerprint density at radius 1 is 0.326 bits per heavy atom. The van der Waals surface area contributed by atoms with E-state index in [9.17, 15) is 6.85 Å². The Morgan fingerprint density at radius 3 is 1.67 bits per heavy atom. The molecule has 46 heavy (non-hydrogen) atoms. The summed E-state index contributed by atoms with van der Waals surface area (Å²) >= 11 is 0. The van der Waals surface area contributed by atoms with Crippen molar-refractivity contribution in [3.63, 3.8) is 0 Å². The van der Waals surface area contributed by atoms with E-state index in [2.05, 4.69) is 6.07 Å². The molecular formula is C46H30. The summed E-state index contributed by atoms with van der Waals surface area (Å²) in [6.45, 7) is 0. The lowest BCUT2D eigenvalue weighted by Crippen LogP contribution is -1.93. The van der Waals surface area contributed by atoms with Crippen LogP contribution >= 0.6 is 0 Å². The highest BCUT2D eigenvalue weighted by atomic mass is 14.2. The Labute approximate surface area is 278 Å². The zero-order valence-corrected chi connectivity index (χ0v) is 24.8. The van der Waals surface area contributed by atoms with Gasteiger partial charge in [-0.2, -0.15) is 0 Å². The van der Waals surface area contributed by atoms with Crippen LogP contribution in [0.3, 0.4) is 0 Å². The number of fused-ring (bicyclic) bond motifs is 4. The molecule has 0 atom stereocenters. The molecule has 9 aromatic carbocycles. The van der Waals surface area contributed by atoms with E-state index >= 15 is 0 Å². The zero-order chi connectivity index (χ0) is 36.5. The van der Waals surface area contributed by atoms with Crippen LogP contribution in [0.25, 0.3) is 87.6 Å². The van der Waals surface area contributed by atoms with Crippen LogP contribution in [0, 0.1) is 0 Å². The quantitative estimate of drug-likeness (QED) is 0.179. The second kappa shape index (κ2) is 10.9. The third kappa shape index (κ3) is 4.38. The van der Waals surface area contributed by atoms with Crippen LogP contribution in [-0.4, -0.2) is 0 Å². The van der Waals surface area contributed by atoms with Gasteiger partial charge in [0.05, 0.1) is 9.60 Å². The van der Waals surface area contributed by atoms with Gasteiger partial charge in [0, 0.05) is 0 Å². The Morgan fingerprint density at radius 2 is 0.913 bits per heavy atom. The average Bonchev–Trinajstić information content (AvgIpc) is 3.20. The minimum atomic E-state index is -0.386. The van der Waals surface area contributed by atoms with E-state index < -0.39 is 0 Å². The number of benzene rings is 9. The number of rotatable bonds is 4. The average molecular weight is 590 g/mol. The lowest BCUT2D eigenvalue weighted by molar-refractivity contribution is 1.63. The molecule has 0 heterocycles. The molecule has 0 spiro atoms. The highest BCUT2D eigenvalue weighted by Crippen LogP contribution is 2.46. The Kier molecular flexibility index (Phi) is 4.76. The Hall–Kier alpha value is -5.98. The first-order valence-corrected chi connectivity index (χ1v) is 15.4. The van der Waals surface area contributed by atoms with Crippen molar-refractivity contribution in [2.75, 3.05) is 0 Å². The summed E-state index contributed by atoms with van der Waals surface area (Å²) in [5.74, 6) is 0. The van der Waals surface area contributed by atoms with Crippen molar-refractivity contribution >= 4 is 43.1 Å². The summed E-state index contributed by atoms with van der Waals surface area (Å²) < 4.78 is 65.8. The van der Waals surface area contributed by atoms with Crippen LogP contribution in [-0.2, 0) is 0 Å². The molecule has 0 aliphatic carbocycles. The fraction of sp³-hybridized carbons (Fsp3) is 0. The highest BCUT2D eigenvalue weighted by molar-refractivity contribution is 6.22. The maximum absolute atomic E-state index is 9.98. The topological polar surface area (TPSA) is 0 Å². The lowest BCUT2D eigenvalue weighted by atomic mass is 9.83. The van der Waals surface area contributed by atoms with Crippen molar-refractivity contribution in [1.29, 1.82) is 0 Å². The van der Waals surface area contributed by atoms with Gasteiger partial charge in [-0.15, -0.1) is 0 Å². The fourth-order valence-corrected chi connectivity index (χ4v) is 6.70. The van der Waals surface area contributed by atoms with Gasteiger partial charge in [0.15, 0.2) is 0 Å². The second-order valence-electron chi connectivity index (χ2n) is 11.5. The number of hydrogen-bond donors (Lipinski definition) is 0. The first-order chi connectivity index (χ1) is 25.7. The van der Waals surface area contributed by atoms with Gasteiger partial charge in [-0.3, -0.25) is 0 Å². The molecule has 214 valence electrons. The van der Waals surface area contributed by atoms with Crippen molar-refractivity contribution in [3.05, 3.63) is 182 Å². The first-order valence-electron chi connectivity index (χ1n) is 18.9. The normalized spacial score (nSPS) is 13.6. The maximum Gasteiger partial charge on any atom is 0.0636 e. The van der Waals surface area contributed by atoms with Crippen LogP contribution in [0.15, 0.2) is 182 Å². The Balaban J connectivity index is 1.55. The molecule has 0 amide bonds. The summed E-state index contributed by atoms with van der Waals surface area (Å²) in [6, 6.07) is 43.5. The molecule has 0 aliphatic rings. The molecule has 9 aromatic rings. The monoisotopic (exact) mass is 589 g/mol. The fourth-order valence-electron chi connectivity index (χ4n) is 6.70. The molecule has 0 saturated carbocycles. The molecule has 0 saturated heterocycles. The molecule has 0 nitrogen and oxygen atoms in total. The molecule has 9 rings (SSSR count). The molecule has 0 N–H and O–H groups in total. The van der Waals surface area contributed by atoms with Gasteiger partial charge in [-0.1, -0.05) is 158 Å². The van der Waals surface area contributed by atoms with E-state index in [0.717, 1.165) is 32.7 Å². The predicted molar refractivity (Wildman–Crippen MR) is 198 cm³/mol. The summed E-state index contributed by atoms with van der Waals surface area (Å²) in [7, 11) is 0. The molecular weight excluding hydrogens is 553 g/mol. The van der Waals surface area contributed by atoms with Crippen LogP contribution in [0.5, 0.6) is 0 Å². The van der Waals surface area contributed by atoms with Gasteiger partial charge in [-0.25, -0.2) is 0 Å². The molecule has 0 aromatic heterocycles.